The van der Waals surface area contributed by atoms with Gasteiger partial charge in [-0.2, -0.15) is 0 Å². The predicted octanol–water partition coefficient (Wildman–Crippen LogP) is -2.97. The molecule has 5 nitrogen and oxygen atoms in total. The fraction of sp³-hybridized carbons (Fsp3) is 1.00. The molecule has 0 rings (SSSR count). The Morgan fingerprint density at radius 3 is 1.85 bits per heavy atom. The zero-order chi connectivity index (χ0) is 10.4. The molecule has 80 valence electrons. The molecular formula is C8H20NO4+. The van der Waals surface area contributed by atoms with Gasteiger partial charge in [0.05, 0.1) is 13.2 Å². The lowest BCUT2D eigenvalue weighted by Crippen LogP contribution is -2.83. The molecule has 0 unspecified atom stereocenters. The van der Waals surface area contributed by atoms with Gasteiger partial charge in [-0.05, 0) is 6.42 Å². The van der Waals surface area contributed by atoms with E-state index in [0.717, 1.165) is 0 Å². The van der Waals surface area contributed by atoms with E-state index in [1.807, 2.05) is 0 Å². The van der Waals surface area contributed by atoms with Crippen LogP contribution in [0.15, 0.2) is 0 Å². The van der Waals surface area contributed by atoms with Crippen LogP contribution in [-0.4, -0.2) is 58.4 Å². The third-order valence-corrected chi connectivity index (χ3v) is 2.03. The topological polar surface area (TPSA) is 97.5 Å². The van der Waals surface area contributed by atoms with Gasteiger partial charge < -0.3 is 25.7 Å². The lowest BCUT2D eigenvalue weighted by molar-refractivity contribution is -0.635. The molecule has 0 aromatic heterocycles. The Bertz CT molecular complexity index is 133. The third kappa shape index (κ3) is 4.02. The van der Waals surface area contributed by atoms with Crippen molar-refractivity contribution in [2.75, 3.05) is 13.6 Å². The van der Waals surface area contributed by atoms with Gasteiger partial charge in [-0.25, -0.2) is 0 Å². The largest absolute Gasteiger partial charge is 0.390 e. The predicted molar refractivity (Wildman–Crippen MR) is 47.0 cm³/mol. The summed E-state index contributed by atoms with van der Waals surface area (Å²) >= 11 is 0. The Labute approximate surface area is 78.0 Å². The van der Waals surface area contributed by atoms with E-state index in [4.69, 9.17) is 0 Å². The minimum absolute atomic E-state index is 0.300. The molecule has 13 heavy (non-hydrogen) atoms. The number of hydrogen-bond acceptors (Lipinski definition) is 4. The molecule has 0 bridgehead atoms. The summed E-state index contributed by atoms with van der Waals surface area (Å²) < 4.78 is 0. The first-order valence-electron chi connectivity index (χ1n) is 4.54. The number of aliphatic hydroxyl groups is 4. The smallest absolute Gasteiger partial charge is 0.131 e. The summed E-state index contributed by atoms with van der Waals surface area (Å²) in [6.07, 6.45) is -4.21. The van der Waals surface area contributed by atoms with E-state index in [0.29, 0.717) is 13.0 Å². The molecule has 4 atom stereocenters. The van der Waals surface area contributed by atoms with Crippen molar-refractivity contribution in [3.63, 3.8) is 0 Å². The van der Waals surface area contributed by atoms with Gasteiger partial charge in [-0.15, -0.1) is 0 Å². The molecule has 0 saturated carbocycles. The average Bonchev–Trinajstić information content (AvgIpc) is 2.14. The van der Waals surface area contributed by atoms with Crippen LogP contribution in [0, 0.1) is 0 Å². The Morgan fingerprint density at radius 1 is 1.00 bits per heavy atom. The number of hydrogen-bond donors (Lipinski definition) is 5. The minimum Gasteiger partial charge on any atom is -0.390 e. The van der Waals surface area contributed by atoms with Crippen molar-refractivity contribution < 1.29 is 25.7 Å². The maximum absolute atomic E-state index is 9.34. The third-order valence-electron chi connectivity index (χ3n) is 2.03. The second-order valence-electron chi connectivity index (χ2n) is 3.17. The van der Waals surface area contributed by atoms with Crippen LogP contribution in [0.2, 0.25) is 0 Å². The molecule has 0 heterocycles. The maximum atomic E-state index is 9.34. The molecule has 0 aliphatic carbocycles. The van der Waals surface area contributed by atoms with Gasteiger partial charge >= 0.3 is 0 Å². The van der Waals surface area contributed by atoms with Crippen molar-refractivity contribution in [3.8, 4) is 0 Å². The summed E-state index contributed by atoms with van der Waals surface area (Å²) in [6.45, 7) is 1.99. The van der Waals surface area contributed by atoms with E-state index >= 15 is 0 Å². The maximum Gasteiger partial charge on any atom is 0.131 e. The SMILES string of the molecule is CC[C@@H](O)[C@@H](O)[C@H](O)[C@@H](O)C[NH2+]C. The monoisotopic (exact) mass is 194 g/mol. The highest BCUT2D eigenvalue weighted by atomic mass is 16.4. The van der Waals surface area contributed by atoms with Crippen LogP contribution in [0.25, 0.3) is 0 Å². The molecule has 0 amide bonds. The van der Waals surface area contributed by atoms with Crippen molar-refractivity contribution in [2.45, 2.75) is 37.8 Å². The number of rotatable bonds is 6. The van der Waals surface area contributed by atoms with E-state index in [1.54, 1.807) is 19.3 Å². The molecule has 5 heteroatoms. The summed E-state index contributed by atoms with van der Waals surface area (Å²) in [6, 6.07) is 0. The second-order valence-corrected chi connectivity index (χ2v) is 3.17. The fourth-order valence-corrected chi connectivity index (χ4v) is 1.08. The highest BCUT2D eigenvalue weighted by Gasteiger charge is 2.29. The normalized spacial score (nSPS) is 20.8. The van der Waals surface area contributed by atoms with Crippen molar-refractivity contribution in [1.29, 1.82) is 0 Å². The Morgan fingerprint density at radius 2 is 1.46 bits per heavy atom. The Kier molecular flexibility index (Phi) is 6.19. The highest BCUT2D eigenvalue weighted by Crippen LogP contribution is 2.06. The summed E-state index contributed by atoms with van der Waals surface area (Å²) in [4.78, 5) is 0. The summed E-state index contributed by atoms with van der Waals surface area (Å²) in [5.74, 6) is 0. The fourth-order valence-electron chi connectivity index (χ4n) is 1.08. The molecule has 0 saturated heterocycles. The number of likely N-dealkylation sites (N-methyl/N-ethyl adjacent to an activating group) is 1. The van der Waals surface area contributed by atoms with Crippen molar-refractivity contribution in [1.82, 2.24) is 0 Å². The van der Waals surface area contributed by atoms with Crippen molar-refractivity contribution >= 4 is 0 Å². The van der Waals surface area contributed by atoms with Crippen molar-refractivity contribution in [3.05, 3.63) is 0 Å². The lowest BCUT2D eigenvalue weighted by atomic mass is 10.0. The van der Waals surface area contributed by atoms with Crippen LogP contribution < -0.4 is 5.32 Å². The van der Waals surface area contributed by atoms with E-state index in [-0.39, 0.29) is 0 Å². The van der Waals surface area contributed by atoms with Crippen LogP contribution in [0.5, 0.6) is 0 Å². The second kappa shape index (κ2) is 6.28. The van der Waals surface area contributed by atoms with E-state index in [2.05, 4.69) is 0 Å². The van der Waals surface area contributed by atoms with Gasteiger partial charge in [-0.1, -0.05) is 6.92 Å². The number of quaternary nitrogens is 1. The van der Waals surface area contributed by atoms with Gasteiger partial charge in [0.1, 0.15) is 24.9 Å². The van der Waals surface area contributed by atoms with Crippen LogP contribution >= 0.6 is 0 Å². The number of nitrogens with two attached hydrogens (primary N) is 1. The zero-order valence-corrected chi connectivity index (χ0v) is 8.09. The summed E-state index contributed by atoms with van der Waals surface area (Å²) in [5.41, 5.74) is 0. The summed E-state index contributed by atoms with van der Waals surface area (Å²) in [5, 5.41) is 38.8. The first-order valence-corrected chi connectivity index (χ1v) is 4.54. The quantitative estimate of drug-likeness (QED) is 0.312. The van der Waals surface area contributed by atoms with Gasteiger partial charge in [0.15, 0.2) is 0 Å². The molecule has 6 N–H and O–H groups in total. The van der Waals surface area contributed by atoms with Crippen molar-refractivity contribution in [2.24, 2.45) is 0 Å². The Hall–Kier alpha value is -0.200. The molecular weight excluding hydrogens is 174 g/mol. The summed E-state index contributed by atoms with van der Waals surface area (Å²) in [7, 11) is 1.75. The number of aliphatic hydroxyl groups excluding tert-OH is 4. The molecule has 0 fully saturated rings. The average molecular weight is 194 g/mol. The lowest BCUT2D eigenvalue weighted by Gasteiger charge is -2.24. The van der Waals surface area contributed by atoms with Gasteiger partial charge in [0.2, 0.25) is 0 Å². The first-order chi connectivity index (χ1) is 6.04. The van der Waals surface area contributed by atoms with Gasteiger partial charge in [-0.3, -0.25) is 0 Å². The van der Waals surface area contributed by atoms with E-state index in [9.17, 15) is 20.4 Å². The molecule has 0 aliphatic heterocycles. The first kappa shape index (κ1) is 12.8. The Balaban J connectivity index is 3.99. The van der Waals surface area contributed by atoms with Crippen LogP contribution in [0.4, 0.5) is 0 Å². The van der Waals surface area contributed by atoms with E-state index < -0.39 is 24.4 Å². The molecule has 0 radical (unpaired) electrons. The van der Waals surface area contributed by atoms with Crippen LogP contribution in [0.3, 0.4) is 0 Å². The standard InChI is InChI=1S/C8H19NO4/c1-3-5(10)7(12)8(13)6(11)4-9-2/h5-13H,3-4H2,1-2H3/p+1/t5-,6+,7-,8-/m1/s1. The van der Waals surface area contributed by atoms with Crippen LogP contribution in [-0.2, 0) is 0 Å². The molecule has 0 spiro atoms. The van der Waals surface area contributed by atoms with Gasteiger partial charge in [0, 0.05) is 0 Å². The van der Waals surface area contributed by atoms with Crippen LogP contribution in [0.1, 0.15) is 13.3 Å². The van der Waals surface area contributed by atoms with Gasteiger partial charge in [0.25, 0.3) is 0 Å². The molecule has 0 aromatic carbocycles. The van der Waals surface area contributed by atoms with E-state index in [1.165, 1.54) is 0 Å². The molecule has 0 aliphatic rings. The minimum atomic E-state index is -1.29. The highest BCUT2D eigenvalue weighted by molar-refractivity contribution is 4.79. The zero-order valence-electron chi connectivity index (χ0n) is 8.09. The molecule has 0 aromatic rings.